The molecule has 2 aromatic rings. The molecule has 2 heterocycles. The van der Waals surface area contributed by atoms with Gasteiger partial charge < -0.3 is 5.32 Å². The number of hydrogen-bond acceptors (Lipinski definition) is 5. The molecule has 1 saturated heterocycles. The fourth-order valence-corrected chi connectivity index (χ4v) is 3.61. The zero-order chi connectivity index (χ0) is 17.1. The van der Waals surface area contributed by atoms with Crippen LogP contribution < -0.4 is 5.32 Å². The average molecular weight is 362 g/mol. The largest absolute Gasteiger partial charge is 0.324 e. The Morgan fingerprint density at radius 3 is 2.79 bits per heavy atom. The van der Waals surface area contributed by atoms with E-state index in [0.717, 1.165) is 27.6 Å². The van der Waals surface area contributed by atoms with Gasteiger partial charge in [0, 0.05) is 10.6 Å². The first-order valence-electron chi connectivity index (χ1n) is 6.87. The SMILES string of the molecule is O=C(CN1C(=O)S/C(=C\c2cccs2)C1=O)Nc1cccc(F)c1. The van der Waals surface area contributed by atoms with Crippen molar-refractivity contribution in [3.63, 3.8) is 0 Å². The smallest absolute Gasteiger partial charge is 0.294 e. The molecule has 1 aliphatic heterocycles. The van der Waals surface area contributed by atoms with Crippen LogP contribution >= 0.6 is 23.1 Å². The molecule has 5 nitrogen and oxygen atoms in total. The molecule has 1 N–H and O–H groups in total. The van der Waals surface area contributed by atoms with E-state index in [1.165, 1.54) is 29.5 Å². The maximum Gasteiger partial charge on any atom is 0.294 e. The summed E-state index contributed by atoms with van der Waals surface area (Å²) in [4.78, 5) is 38.2. The quantitative estimate of drug-likeness (QED) is 0.845. The summed E-state index contributed by atoms with van der Waals surface area (Å²) in [5.74, 6) is -1.56. The van der Waals surface area contributed by atoms with E-state index >= 15 is 0 Å². The zero-order valence-corrected chi connectivity index (χ0v) is 13.8. The van der Waals surface area contributed by atoms with Gasteiger partial charge in [-0.3, -0.25) is 19.3 Å². The van der Waals surface area contributed by atoms with Crippen LogP contribution in [0.1, 0.15) is 4.88 Å². The molecule has 1 aliphatic rings. The number of rotatable bonds is 4. The molecular formula is C16H11FN2O3S2. The number of nitrogens with one attached hydrogen (secondary N) is 1. The number of benzene rings is 1. The lowest BCUT2D eigenvalue weighted by Gasteiger charge is -2.12. The number of carbonyl (C=O) groups excluding carboxylic acids is 3. The fraction of sp³-hybridized carbons (Fsp3) is 0.0625. The summed E-state index contributed by atoms with van der Waals surface area (Å²) in [6, 6.07) is 9.05. The first-order valence-corrected chi connectivity index (χ1v) is 8.57. The Labute approximate surface area is 145 Å². The molecular weight excluding hydrogens is 351 g/mol. The molecule has 0 atom stereocenters. The van der Waals surface area contributed by atoms with Gasteiger partial charge in [-0.15, -0.1) is 11.3 Å². The van der Waals surface area contributed by atoms with Crippen LogP contribution in [-0.2, 0) is 9.59 Å². The molecule has 0 bridgehead atoms. The summed E-state index contributed by atoms with van der Waals surface area (Å²) < 4.78 is 13.1. The monoisotopic (exact) mass is 362 g/mol. The Bertz CT molecular complexity index is 834. The van der Waals surface area contributed by atoms with Crippen LogP contribution in [0.4, 0.5) is 14.9 Å². The average Bonchev–Trinajstić information content (AvgIpc) is 3.12. The first kappa shape index (κ1) is 16.4. The van der Waals surface area contributed by atoms with Gasteiger partial charge in [-0.2, -0.15) is 0 Å². The second-order valence-corrected chi connectivity index (χ2v) is 6.81. The third kappa shape index (κ3) is 3.72. The highest BCUT2D eigenvalue weighted by molar-refractivity contribution is 8.18. The first-order chi connectivity index (χ1) is 11.5. The minimum absolute atomic E-state index is 0.265. The standard InChI is InChI=1S/C16H11FN2O3S2/c17-10-3-1-4-11(7-10)18-14(20)9-19-15(21)13(24-16(19)22)8-12-5-2-6-23-12/h1-8H,9H2,(H,18,20)/b13-8-. The van der Waals surface area contributed by atoms with Gasteiger partial charge in [0.05, 0.1) is 4.91 Å². The molecule has 0 saturated carbocycles. The highest BCUT2D eigenvalue weighted by Gasteiger charge is 2.36. The molecule has 0 aliphatic carbocycles. The maximum atomic E-state index is 13.1. The summed E-state index contributed by atoms with van der Waals surface area (Å²) in [5.41, 5.74) is 0.265. The predicted octanol–water partition coefficient (Wildman–Crippen LogP) is 3.56. The van der Waals surface area contributed by atoms with E-state index in [-0.39, 0.29) is 10.6 Å². The van der Waals surface area contributed by atoms with E-state index in [0.29, 0.717) is 0 Å². The molecule has 1 fully saturated rings. The second-order valence-electron chi connectivity index (χ2n) is 4.84. The summed E-state index contributed by atoms with van der Waals surface area (Å²) in [6.45, 7) is -0.414. The minimum atomic E-state index is -0.569. The normalized spacial score (nSPS) is 16.0. The molecule has 24 heavy (non-hydrogen) atoms. The van der Waals surface area contributed by atoms with E-state index in [2.05, 4.69) is 5.32 Å². The Morgan fingerprint density at radius 2 is 2.08 bits per heavy atom. The van der Waals surface area contributed by atoms with E-state index in [1.54, 1.807) is 6.08 Å². The Kier molecular flexibility index (Phi) is 4.77. The van der Waals surface area contributed by atoms with Gasteiger partial charge in [0.1, 0.15) is 12.4 Å². The van der Waals surface area contributed by atoms with Crippen molar-refractivity contribution in [3.8, 4) is 0 Å². The number of anilines is 1. The Hall–Kier alpha value is -2.45. The van der Waals surface area contributed by atoms with Gasteiger partial charge in [-0.25, -0.2) is 4.39 Å². The number of thioether (sulfide) groups is 1. The van der Waals surface area contributed by atoms with Crippen LogP contribution in [-0.4, -0.2) is 28.5 Å². The molecule has 1 aromatic heterocycles. The lowest BCUT2D eigenvalue weighted by Crippen LogP contribution is -2.36. The lowest BCUT2D eigenvalue weighted by molar-refractivity contribution is -0.127. The van der Waals surface area contributed by atoms with Gasteiger partial charge in [0.2, 0.25) is 5.91 Å². The third-order valence-electron chi connectivity index (χ3n) is 3.10. The summed E-state index contributed by atoms with van der Waals surface area (Å²) in [7, 11) is 0. The van der Waals surface area contributed by atoms with Crippen LogP contribution in [0.15, 0.2) is 46.7 Å². The van der Waals surface area contributed by atoms with Crippen molar-refractivity contribution in [2.24, 2.45) is 0 Å². The number of amides is 3. The van der Waals surface area contributed by atoms with Gasteiger partial charge in [-0.1, -0.05) is 12.1 Å². The van der Waals surface area contributed by atoms with Crippen molar-refractivity contribution in [2.45, 2.75) is 0 Å². The van der Waals surface area contributed by atoms with E-state index in [1.807, 2.05) is 17.5 Å². The summed E-state index contributed by atoms with van der Waals surface area (Å²) >= 11 is 2.24. The van der Waals surface area contributed by atoms with Crippen molar-refractivity contribution in [2.75, 3.05) is 11.9 Å². The van der Waals surface area contributed by atoms with Crippen molar-refractivity contribution >= 4 is 51.9 Å². The van der Waals surface area contributed by atoms with E-state index < -0.39 is 29.4 Å². The van der Waals surface area contributed by atoms with Gasteiger partial charge >= 0.3 is 0 Å². The van der Waals surface area contributed by atoms with E-state index in [9.17, 15) is 18.8 Å². The number of imide groups is 1. The summed E-state index contributed by atoms with van der Waals surface area (Å²) in [6.07, 6.45) is 1.63. The van der Waals surface area contributed by atoms with Crippen LogP contribution in [0.3, 0.4) is 0 Å². The Morgan fingerprint density at radius 1 is 1.25 bits per heavy atom. The number of nitrogens with zero attached hydrogens (tertiary/aromatic N) is 1. The van der Waals surface area contributed by atoms with Crippen molar-refractivity contribution in [1.29, 1.82) is 0 Å². The van der Waals surface area contributed by atoms with Crippen LogP contribution in [0, 0.1) is 5.82 Å². The molecule has 3 rings (SSSR count). The lowest BCUT2D eigenvalue weighted by atomic mass is 10.3. The molecule has 3 amide bonds. The molecule has 0 spiro atoms. The Balaban J connectivity index is 1.67. The molecule has 0 radical (unpaired) electrons. The highest BCUT2D eigenvalue weighted by atomic mass is 32.2. The van der Waals surface area contributed by atoms with Gasteiger partial charge in [0.15, 0.2) is 0 Å². The maximum absolute atomic E-state index is 13.1. The molecule has 1 aromatic carbocycles. The van der Waals surface area contributed by atoms with Gasteiger partial charge in [-0.05, 0) is 47.5 Å². The van der Waals surface area contributed by atoms with Crippen molar-refractivity contribution in [3.05, 3.63) is 57.4 Å². The minimum Gasteiger partial charge on any atom is -0.324 e. The van der Waals surface area contributed by atoms with Crippen molar-refractivity contribution in [1.82, 2.24) is 4.90 Å². The van der Waals surface area contributed by atoms with E-state index in [4.69, 9.17) is 0 Å². The van der Waals surface area contributed by atoms with Crippen LogP contribution in [0.25, 0.3) is 6.08 Å². The zero-order valence-electron chi connectivity index (χ0n) is 12.2. The molecule has 8 heteroatoms. The van der Waals surface area contributed by atoms with Gasteiger partial charge in [0.25, 0.3) is 11.1 Å². The van der Waals surface area contributed by atoms with Crippen LogP contribution in [0.5, 0.6) is 0 Å². The third-order valence-corrected chi connectivity index (χ3v) is 4.83. The molecule has 0 unspecified atom stereocenters. The predicted molar refractivity (Wildman–Crippen MR) is 92.0 cm³/mol. The number of thiophene rings is 1. The number of halogens is 1. The highest BCUT2D eigenvalue weighted by Crippen LogP contribution is 2.32. The second kappa shape index (κ2) is 6.98. The fourth-order valence-electron chi connectivity index (χ4n) is 2.05. The molecule has 122 valence electrons. The number of hydrogen-bond donors (Lipinski definition) is 1. The summed E-state index contributed by atoms with van der Waals surface area (Å²) in [5, 5.41) is 3.82. The topological polar surface area (TPSA) is 66.5 Å². The number of carbonyl (C=O) groups is 3. The van der Waals surface area contributed by atoms with Crippen LogP contribution in [0.2, 0.25) is 0 Å². The van der Waals surface area contributed by atoms with Crippen molar-refractivity contribution < 1.29 is 18.8 Å².